The number of anilines is 3. The molecule has 28 heteroatoms. The number of unbranched alkanes of at least 4 members (excludes halogenated alkanes) is 3. The third-order valence-corrected chi connectivity index (χ3v) is 21.7. The number of carbonyl (C=O) groups is 6. The van der Waals surface area contributed by atoms with Crippen molar-refractivity contribution in [2.24, 2.45) is 16.2 Å². The number of aliphatic carboxylic acids is 1. The van der Waals surface area contributed by atoms with Gasteiger partial charge in [0, 0.05) is 80.4 Å². The highest BCUT2D eigenvalue weighted by Crippen LogP contribution is 2.72. The van der Waals surface area contributed by atoms with Crippen molar-refractivity contribution in [3.8, 4) is 16.9 Å². The minimum Gasteiger partial charge on any atom is -0.479 e. The number of amides is 4. The number of para-hydroxylation sites is 1. The van der Waals surface area contributed by atoms with Crippen LogP contribution in [0.5, 0.6) is 5.75 Å². The Balaban J connectivity index is 0.707. The van der Waals surface area contributed by atoms with Crippen molar-refractivity contribution in [2.45, 2.75) is 160 Å². The number of carbonyl (C=O) groups excluding carboxylic acids is 4. The number of aromatic nitrogens is 4. The summed E-state index contributed by atoms with van der Waals surface area (Å²) in [5, 5.41) is 66.5. The fraction of sp³-hybridized carbons (Fsp3) is 0.493. The maximum Gasteiger partial charge on any atom is 0.409 e. The zero-order valence-corrected chi connectivity index (χ0v) is 56.3. The molecule has 518 valence electrons. The Labute approximate surface area is 565 Å². The van der Waals surface area contributed by atoms with E-state index in [1.54, 1.807) is 25.4 Å². The molecule has 6 aliphatic rings. The summed E-state index contributed by atoms with van der Waals surface area (Å²) in [6.45, 7) is 11.5. The monoisotopic (exact) mass is 1370 g/mol. The molecular weight excluding hydrogens is 1290 g/mol. The van der Waals surface area contributed by atoms with Crippen LogP contribution >= 0.6 is 11.3 Å². The standard InChI is InChI=1S/C69H83N9O17S2/c1-6-97(90,91)29-12-8-7-9-18-53(79)70-25-23-54(80)72-49-30-42(19-21-50(49)94-63-58(83)56(81)57(82)59(95-63)62(87)88)33-92-65(89)76(5)27-28-93-69-37-66(3)34-67(4,38-69)36-68(35-66,39-69)40-78-41(2)46(31-71-78)44-20-22-52(74-55(44)61(85)86)77-26-24-43-14-13-15-45(47(43)32-77)60(84)75-64-73-48-16-10-11-17-51(48)96-64/h6,10-11,13-17,19-22,30-31,56-59,63,81-83H,1,7-9,12,18,23-29,32-40H2,2-5H3,(H,70,79)(H,72,80)(H,85,86)(H,87,88)(H,73,75,84)/t56-,57-,58+,59-,63+,66?,67?,68?,69?/m0/s1. The summed E-state index contributed by atoms with van der Waals surface area (Å²) in [7, 11) is -1.70. The molecule has 4 aliphatic carbocycles. The number of sulfone groups is 1. The van der Waals surface area contributed by atoms with Gasteiger partial charge in [0.1, 0.15) is 36.5 Å². The number of rotatable bonds is 28. The molecule has 5 fully saturated rings. The molecule has 4 saturated carbocycles. The Kier molecular flexibility index (Phi) is 20.6. The first kappa shape index (κ1) is 70.0. The summed E-state index contributed by atoms with van der Waals surface area (Å²) in [6, 6.07) is 21.3. The van der Waals surface area contributed by atoms with Gasteiger partial charge >= 0.3 is 18.0 Å². The van der Waals surface area contributed by atoms with Crippen molar-refractivity contribution >= 4 is 83.8 Å². The number of hydrogen-bond donors (Lipinski definition) is 8. The minimum atomic E-state index is -3.30. The third kappa shape index (κ3) is 16.0. The first-order chi connectivity index (χ1) is 46.1. The average molecular weight is 1370 g/mol. The van der Waals surface area contributed by atoms with E-state index in [4.69, 9.17) is 29.0 Å². The van der Waals surface area contributed by atoms with E-state index in [0.29, 0.717) is 84.9 Å². The van der Waals surface area contributed by atoms with Gasteiger partial charge < -0.3 is 64.9 Å². The lowest BCUT2D eigenvalue weighted by molar-refractivity contribution is -0.271. The molecule has 97 heavy (non-hydrogen) atoms. The van der Waals surface area contributed by atoms with Gasteiger partial charge in [0.25, 0.3) is 5.91 Å². The molecule has 3 aromatic carbocycles. The quantitative estimate of drug-likeness (QED) is 0.0216. The highest BCUT2D eigenvalue weighted by atomic mass is 32.2. The Morgan fingerprint density at radius 3 is 2.35 bits per heavy atom. The fourth-order valence-corrected chi connectivity index (χ4v) is 17.6. The van der Waals surface area contributed by atoms with E-state index in [1.807, 2.05) is 59.0 Å². The number of carboxylic acid groups (broad SMARTS) is 2. The predicted octanol–water partition coefficient (Wildman–Crippen LogP) is 8.01. The summed E-state index contributed by atoms with van der Waals surface area (Å²) in [5.74, 6) is -3.67. The topological polar surface area (TPSA) is 361 Å². The van der Waals surface area contributed by atoms with Gasteiger partial charge in [-0.1, -0.05) is 74.9 Å². The van der Waals surface area contributed by atoms with Crippen molar-refractivity contribution in [1.82, 2.24) is 30.0 Å². The summed E-state index contributed by atoms with van der Waals surface area (Å²) >= 11 is 1.40. The van der Waals surface area contributed by atoms with E-state index in [0.717, 1.165) is 71.0 Å². The van der Waals surface area contributed by atoms with Crippen molar-refractivity contribution in [3.63, 3.8) is 0 Å². The molecular formula is C69H83N9O17S2. The van der Waals surface area contributed by atoms with Crippen molar-refractivity contribution in [1.29, 1.82) is 0 Å². The van der Waals surface area contributed by atoms with E-state index in [2.05, 4.69) is 41.4 Å². The van der Waals surface area contributed by atoms with E-state index in [-0.39, 0.29) is 90.1 Å². The molecule has 0 spiro atoms. The van der Waals surface area contributed by atoms with Gasteiger partial charge in [-0.05, 0) is 140 Å². The number of aliphatic hydroxyl groups is 3. The number of aliphatic hydroxyl groups excluding tert-OH is 3. The minimum absolute atomic E-state index is 0.0171. The lowest BCUT2D eigenvalue weighted by Gasteiger charge is -2.69. The second-order valence-electron chi connectivity index (χ2n) is 27.4. The normalized spacial score (nSPS) is 24.9. The van der Waals surface area contributed by atoms with Gasteiger partial charge in [-0.2, -0.15) is 5.10 Å². The predicted molar refractivity (Wildman–Crippen MR) is 358 cm³/mol. The van der Waals surface area contributed by atoms with Crippen LogP contribution in [0.2, 0.25) is 0 Å². The fourth-order valence-electron chi connectivity index (χ4n) is 16.0. The Hall–Kier alpha value is -8.38. The lowest BCUT2D eigenvalue weighted by atomic mass is 9.39. The smallest absolute Gasteiger partial charge is 0.409 e. The van der Waals surface area contributed by atoms with E-state index in [1.165, 1.54) is 34.4 Å². The molecule has 2 unspecified atom stereocenters. The van der Waals surface area contributed by atoms with Gasteiger partial charge in [0.05, 0.1) is 40.1 Å². The van der Waals surface area contributed by atoms with Crippen LogP contribution in [-0.4, -0.2) is 170 Å². The number of thiazole rings is 1. The van der Waals surface area contributed by atoms with Crippen LogP contribution in [0, 0.1) is 23.2 Å². The zero-order chi connectivity index (χ0) is 69.2. The third-order valence-electron chi connectivity index (χ3n) is 19.4. The molecule has 3 aromatic heterocycles. The number of fused-ring (bicyclic) bond motifs is 2. The van der Waals surface area contributed by atoms with Crippen LogP contribution in [-0.2, 0) is 64.5 Å². The number of ether oxygens (including phenoxy) is 4. The van der Waals surface area contributed by atoms with E-state index >= 15 is 0 Å². The van der Waals surface area contributed by atoms with Gasteiger partial charge in [-0.15, -0.1) is 0 Å². The van der Waals surface area contributed by atoms with Crippen LogP contribution in [0.4, 0.5) is 21.4 Å². The number of benzene rings is 3. The maximum atomic E-state index is 13.8. The average Bonchev–Trinajstić information content (AvgIpc) is 0.982. The zero-order valence-electron chi connectivity index (χ0n) is 54.7. The number of aromatic carboxylic acids is 1. The van der Waals surface area contributed by atoms with Gasteiger partial charge in [-0.25, -0.2) is 32.8 Å². The number of likely N-dealkylation sites (N-methyl/N-ethyl adjacent to an activating group) is 1. The Bertz CT molecular complexity index is 4070. The van der Waals surface area contributed by atoms with Gasteiger partial charge in [0.15, 0.2) is 26.8 Å². The van der Waals surface area contributed by atoms with Crippen LogP contribution in [0.3, 0.4) is 0 Å². The molecule has 0 radical (unpaired) electrons. The summed E-state index contributed by atoms with van der Waals surface area (Å²) in [4.78, 5) is 91.2. The highest BCUT2D eigenvalue weighted by molar-refractivity contribution is 7.94. The number of carboxylic acids is 2. The second-order valence-corrected chi connectivity index (χ2v) is 30.5. The van der Waals surface area contributed by atoms with Crippen LogP contribution < -0.4 is 25.6 Å². The molecule has 7 atom stereocenters. The summed E-state index contributed by atoms with van der Waals surface area (Å²) in [5.41, 5.74) is 4.57. The first-order valence-electron chi connectivity index (χ1n) is 32.6. The van der Waals surface area contributed by atoms with Gasteiger partial charge in [0.2, 0.25) is 18.1 Å². The lowest BCUT2D eigenvalue weighted by Crippen LogP contribution is -2.64. The number of hydrogen-bond acceptors (Lipinski definition) is 20. The molecule has 26 nitrogen and oxygen atoms in total. The maximum absolute atomic E-state index is 13.8. The number of nitrogens with one attached hydrogen (secondary N) is 3. The van der Waals surface area contributed by atoms with Gasteiger partial charge in [-0.3, -0.25) is 24.4 Å². The second kappa shape index (κ2) is 28.6. The molecule has 2 aliphatic heterocycles. The molecule has 4 bridgehead atoms. The van der Waals surface area contributed by atoms with Crippen molar-refractivity contribution in [3.05, 3.63) is 125 Å². The summed E-state index contributed by atoms with van der Waals surface area (Å²) < 4.78 is 50.1. The molecule has 1 saturated heterocycles. The number of pyridine rings is 1. The van der Waals surface area contributed by atoms with E-state index < -0.39 is 70.1 Å². The number of nitrogens with zero attached hydrogens (tertiary/aromatic N) is 6. The Morgan fingerprint density at radius 1 is 0.845 bits per heavy atom. The molecule has 8 N–H and O–H groups in total. The molecule has 5 heterocycles. The summed E-state index contributed by atoms with van der Waals surface area (Å²) in [6.07, 6.45) is -0.490. The van der Waals surface area contributed by atoms with Crippen molar-refractivity contribution < 1.29 is 81.7 Å². The first-order valence-corrected chi connectivity index (χ1v) is 35.1. The largest absolute Gasteiger partial charge is 0.479 e. The Morgan fingerprint density at radius 2 is 1.61 bits per heavy atom. The SMILES string of the molecule is C=CS(=O)(=O)CCCCCCC(=O)NCCC(=O)Nc1cc(COC(=O)N(C)CCOC23CC4(C)CC(C)(CC(Cn5ncc(-c6ccc(N7CCc8cccc(C(=O)Nc9nc%10ccccc%10s9)c8C7)nc6C(=O)O)c5C)(C4)C2)C3)ccc1O[C@@H]1O[C@H](C(=O)O)[C@@H](O)[C@H](O)[C@H]1O. The molecule has 4 amide bonds. The van der Waals surface area contributed by atoms with E-state index in [9.17, 15) is 62.7 Å². The molecule has 6 aromatic rings. The van der Waals surface area contributed by atoms with Crippen molar-refractivity contribution in [2.75, 3.05) is 54.6 Å². The highest BCUT2D eigenvalue weighted by Gasteiger charge is 2.66. The van der Waals surface area contributed by atoms with Crippen LogP contribution in [0.25, 0.3) is 21.3 Å². The van der Waals surface area contributed by atoms with Crippen LogP contribution in [0.15, 0.2) is 91.0 Å². The van der Waals surface area contributed by atoms with Crippen LogP contribution in [0.1, 0.15) is 134 Å². The molecule has 12 rings (SSSR count).